The van der Waals surface area contributed by atoms with Crippen molar-refractivity contribution in [3.63, 3.8) is 0 Å². The molecule has 0 aliphatic heterocycles. The van der Waals surface area contributed by atoms with Crippen molar-refractivity contribution < 1.29 is 0 Å². The summed E-state index contributed by atoms with van der Waals surface area (Å²) in [7, 11) is 0. The van der Waals surface area contributed by atoms with Crippen LogP contribution in [0, 0.1) is 6.92 Å². The van der Waals surface area contributed by atoms with Crippen LogP contribution in [-0.2, 0) is 0 Å². The summed E-state index contributed by atoms with van der Waals surface area (Å²) in [6.45, 7) is 3.59. The van der Waals surface area contributed by atoms with Crippen molar-refractivity contribution in [3.05, 3.63) is 6.92 Å². The van der Waals surface area contributed by atoms with Gasteiger partial charge >= 0.3 is 0 Å². The number of rotatable bonds is 0. The second-order valence-electron chi connectivity index (χ2n) is 0.615. The van der Waals surface area contributed by atoms with E-state index in [9.17, 15) is 0 Å². The first-order valence-electron chi connectivity index (χ1n) is 0.921. The van der Waals surface area contributed by atoms with Gasteiger partial charge < -0.3 is 0 Å². The molecule has 31 valence electrons. The van der Waals surface area contributed by atoms with E-state index in [0.717, 1.165) is 0 Å². The molecule has 5 heavy (non-hydrogen) atoms. The Hall–Kier alpha value is 1.69. The van der Waals surface area contributed by atoms with Crippen molar-refractivity contribution in [2.45, 2.75) is 1.24 Å². The lowest BCUT2D eigenvalue weighted by atomic mass is 11.0. The molecule has 0 N–H and O–H groups in total. The van der Waals surface area contributed by atoms with Crippen LogP contribution < -0.4 is 0 Å². The Balaban J connectivity index is 3.02. The van der Waals surface area contributed by atoms with E-state index in [2.05, 4.69) is 61.4 Å². The molecule has 0 nitrogen and oxygen atoms in total. The average Bonchev–Trinajstić information content (AvgIpc) is 0.722. The Morgan fingerprint density at radius 2 is 1.60 bits per heavy atom. The highest BCUT2D eigenvalue weighted by atomic mass is 127. The first kappa shape index (κ1) is 6.69. The highest BCUT2D eigenvalue weighted by molar-refractivity contribution is 14.1. The monoisotopic (exact) mass is 311 g/mol. The van der Waals surface area contributed by atoms with Crippen molar-refractivity contribution >= 4 is 54.5 Å². The van der Waals surface area contributed by atoms with E-state index in [1.165, 1.54) is 0 Å². The highest BCUT2D eigenvalue weighted by Gasteiger charge is 2.05. The van der Waals surface area contributed by atoms with Crippen molar-refractivity contribution in [3.8, 4) is 0 Å². The van der Waals surface area contributed by atoms with Gasteiger partial charge in [0.1, 0.15) is 1.24 Å². The van der Waals surface area contributed by atoms with Crippen molar-refractivity contribution in [1.82, 2.24) is 0 Å². The third-order valence-corrected chi connectivity index (χ3v) is 0. The van der Waals surface area contributed by atoms with Gasteiger partial charge in [-0.3, -0.25) is 0 Å². The molecule has 0 saturated heterocycles. The summed E-state index contributed by atoms with van der Waals surface area (Å²) in [5.74, 6) is 0. The maximum atomic E-state index is 3.59. The smallest absolute Gasteiger partial charge is 0.0609 e. The van der Waals surface area contributed by atoms with Crippen LogP contribution in [0.5, 0.6) is 0 Å². The van der Waals surface area contributed by atoms with Crippen LogP contribution in [0.4, 0.5) is 0 Å². The quantitative estimate of drug-likeness (QED) is 0.476. The fourth-order valence-electron chi connectivity index (χ4n) is 0. The summed E-state index contributed by atoms with van der Waals surface area (Å²) >= 11 is 8.43. The summed E-state index contributed by atoms with van der Waals surface area (Å²) in [5.41, 5.74) is 0. The maximum Gasteiger partial charge on any atom is 0.131 e. The molecule has 0 rings (SSSR count). The van der Waals surface area contributed by atoms with Crippen LogP contribution in [-0.4, -0.2) is 1.24 Å². The summed E-state index contributed by atoms with van der Waals surface area (Å²) in [4.78, 5) is 0. The number of halogens is 3. The maximum absolute atomic E-state index is 3.59. The predicted octanol–water partition coefficient (Wildman–Crippen LogP) is 2.70. The lowest BCUT2D eigenvalue weighted by molar-refractivity contribution is 1.72. The van der Waals surface area contributed by atoms with Gasteiger partial charge in [-0.2, -0.15) is 0 Å². The third kappa shape index (κ3) is 27.1. The van der Waals surface area contributed by atoms with Gasteiger partial charge in [0.25, 0.3) is 0 Å². The Bertz CT molecular complexity index is 23.1. The van der Waals surface area contributed by atoms with Crippen LogP contribution in [0.15, 0.2) is 0 Å². The van der Waals surface area contributed by atoms with Crippen molar-refractivity contribution in [2.24, 2.45) is 0 Å². The van der Waals surface area contributed by atoms with Gasteiger partial charge in [-0.1, -0.05) is 54.5 Å². The van der Waals surface area contributed by atoms with Crippen LogP contribution in [0.25, 0.3) is 0 Å². The summed E-state index contributed by atoms with van der Waals surface area (Å²) in [6, 6.07) is 0. The van der Waals surface area contributed by atoms with E-state index in [1.807, 2.05) is 0 Å². The lowest BCUT2D eigenvalue weighted by Crippen LogP contribution is -1.84. The molecule has 0 aliphatic rings. The second-order valence-corrected chi connectivity index (χ2v) is 9.19. The summed E-state index contributed by atoms with van der Waals surface area (Å²) < 4.78 is -0.155. The molecule has 0 aromatic rings. The normalized spacial score (nSPS) is 12.0. The average molecular weight is 313 g/mol. The van der Waals surface area contributed by atoms with Gasteiger partial charge in [-0.05, 0) is 6.92 Å². The fraction of sp³-hybridized carbons (Fsp3) is 0.500. The number of hydrogen-bond acceptors (Lipinski definition) is 0. The molecule has 0 spiro atoms. The van der Waals surface area contributed by atoms with Gasteiger partial charge in [0, 0.05) is 0 Å². The van der Waals surface area contributed by atoms with E-state index in [1.54, 1.807) is 0 Å². The Labute approximate surface area is 62.1 Å². The largest absolute Gasteiger partial charge is 0.131 e. The first-order valence-corrected chi connectivity index (χ1v) is 3.59. The van der Waals surface area contributed by atoms with E-state index >= 15 is 0 Å². The SMILES string of the molecule is [CH2]C(Br)(Br)I. The molecule has 0 unspecified atom stereocenters. The van der Waals surface area contributed by atoms with E-state index in [-0.39, 0.29) is 1.24 Å². The molecule has 0 aromatic carbocycles. The van der Waals surface area contributed by atoms with Crippen LogP contribution in [0.3, 0.4) is 0 Å². The van der Waals surface area contributed by atoms with Crippen molar-refractivity contribution in [2.75, 3.05) is 0 Å². The Morgan fingerprint density at radius 1 is 1.60 bits per heavy atom. The molecular weight excluding hydrogens is 311 g/mol. The zero-order valence-electron chi connectivity index (χ0n) is 2.34. The molecule has 3 heteroatoms. The molecule has 0 atom stereocenters. The van der Waals surface area contributed by atoms with E-state index in [4.69, 9.17) is 0 Å². The summed E-state index contributed by atoms with van der Waals surface area (Å²) in [5, 5.41) is 0. The Morgan fingerprint density at radius 3 is 1.60 bits per heavy atom. The van der Waals surface area contributed by atoms with Crippen molar-refractivity contribution in [1.29, 1.82) is 0 Å². The molecular formula is C2H2Br2I. The van der Waals surface area contributed by atoms with Gasteiger partial charge in [0.2, 0.25) is 0 Å². The lowest BCUT2D eigenvalue weighted by Gasteiger charge is -1.96. The molecule has 0 aromatic heterocycles. The van der Waals surface area contributed by atoms with E-state index in [0.29, 0.717) is 0 Å². The molecule has 0 aliphatic carbocycles. The van der Waals surface area contributed by atoms with Crippen LogP contribution in [0.2, 0.25) is 0 Å². The van der Waals surface area contributed by atoms with Gasteiger partial charge in [0.05, 0.1) is 0 Å². The zero-order valence-corrected chi connectivity index (χ0v) is 7.67. The topological polar surface area (TPSA) is 0 Å². The second kappa shape index (κ2) is 2.12. The Kier molecular flexibility index (Phi) is 2.83. The molecule has 0 saturated carbocycles. The zero-order chi connectivity index (χ0) is 4.50. The molecule has 0 bridgehead atoms. The minimum absolute atomic E-state index is 0.155. The number of hydrogen-bond donors (Lipinski definition) is 0. The van der Waals surface area contributed by atoms with E-state index < -0.39 is 0 Å². The third-order valence-electron chi connectivity index (χ3n) is 0. The van der Waals surface area contributed by atoms with Gasteiger partial charge in [-0.25, -0.2) is 0 Å². The number of alkyl halides is 3. The van der Waals surface area contributed by atoms with Gasteiger partial charge in [0.15, 0.2) is 0 Å². The van der Waals surface area contributed by atoms with Crippen LogP contribution in [0.1, 0.15) is 0 Å². The standard InChI is InChI=1S/C2H2Br2I/c1-2(3,4)5/h1H2. The molecule has 1 radical (unpaired) electrons. The molecule has 0 amide bonds. The first-order chi connectivity index (χ1) is 2.00. The van der Waals surface area contributed by atoms with Gasteiger partial charge in [-0.15, -0.1) is 0 Å². The highest BCUT2D eigenvalue weighted by Crippen LogP contribution is 2.31. The van der Waals surface area contributed by atoms with Crippen LogP contribution >= 0.6 is 54.5 Å². The molecule has 0 heterocycles. The fourth-order valence-corrected chi connectivity index (χ4v) is 0. The summed E-state index contributed by atoms with van der Waals surface area (Å²) in [6.07, 6.45) is 0. The predicted molar refractivity (Wildman–Crippen MR) is 40.0 cm³/mol. The minimum Gasteiger partial charge on any atom is -0.0609 e. The molecule has 0 fully saturated rings. The minimum atomic E-state index is -0.155.